The molecule has 2 aromatic rings. The van der Waals surface area contributed by atoms with Crippen LogP contribution in [-0.2, 0) is 29.7 Å². The highest BCUT2D eigenvalue weighted by Crippen LogP contribution is 2.59. The van der Waals surface area contributed by atoms with Gasteiger partial charge in [0.1, 0.15) is 24.5 Å². The smallest absolute Gasteiger partial charge is 0.387 e. The van der Waals surface area contributed by atoms with Crippen LogP contribution >= 0.6 is 15.4 Å². The maximum absolute atomic E-state index is 12.1. The van der Waals surface area contributed by atoms with Crippen molar-refractivity contribution in [1.29, 1.82) is 0 Å². The summed E-state index contributed by atoms with van der Waals surface area (Å²) in [6, 6.07) is 0. The number of phosphoric ester groups is 1. The number of ether oxygens (including phenoxy) is 1. The van der Waals surface area contributed by atoms with Crippen LogP contribution in [0.4, 0.5) is 5.95 Å². The van der Waals surface area contributed by atoms with Crippen LogP contribution < -0.4 is 15.9 Å². The SMILES string of the molecule is C#CCP(=O)(O)OP(=O)(O)OC[C@H]1O[C@@H]([n+]2cn(C)c3c(=O)[nH]c(N)nc32)[C@@H](O)C1O. The van der Waals surface area contributed by atoms with Gasteiger partial charge in [-0.3, -0.25) is 23.4 Å². The summed E-state index contributed by atoms with van der Waals surface area (Å²) >= 11 is 0. The predicted molar refractivity (Wildman–Crippen MR) is 102 cm³/mol. The van der Waals surface area contributed by atoms with Crippen molar-refractivity contribution >= 4 is 32.5 Å². The van der Waals surface area contributed by atoms with Crippen LogP contribution in [-0.4, -0.2) is 65.6 Å². The molecule has 0 aliphatic carbocycles. The second-order valence-electron chi connectivity index (χ2n) is 6.65. The molecule has 1 aliphatic rings. The van der Waals surface area contributed by atoms with Crippen LogP contribution in [0.3, 0.4) is 0 Å². The highest BCUT2D eigenvalue weighted by atomic mass is 31.3. The Labute approximate surface area is 174 Å². The van der Waals surface area contributed by atoms with Crippen molar-refractivity contribution in [3.05, 3.63) is 16.7 Å². The Bertz CT molecular complexity index is 1190. The first kappa shape index (κ1) is 23.6. The Morgan fingerprint density at radius 1 is 1.42 bits per heavy atom. The van der Waals surface area contributed by atoms with Gasteiger partial charge in [0.2, 0.25) is 11.7 Å². The second kappa shape index (κ2) is 8.44. The molecule has 6 atom stereocenters. The maximum Gasteiger partial charge on any atom is 0.479 e. The van der Waals surface area contributed by atoms with Crippen molar-refractivity contribution in [2.24, 2.45) is 7.05 Å². The Morgan fingerprint density at radius 3 is 2.74 bits per heavy atom. The molecule has 0 amide bonds. The van der Waals surface area contributed by atoms with Crippen molar-refractivity contribution in [3.63, 3.8) is 0 Å². The maximum atomic E-state index is 12.1. The lowest BCUT2D eigenvalue weighted by Crippen LogP contribution is -2.46. The highest BCUT2D eigenvalue weighted by molar-refractivity contribution is 7.64. The molecule has 0 bridgehead atoms. The zero-order valence-corrected chi connectivity index (χ0v) is 17.7. The molecule has 3 unspecified atom stereocenters. The summed E-state index contributed by atoms with van der Waals surface area (Å²) in [4.78, 5) is 37.5. The van der Waals surface area contributed by atoms with E-state index < -0.39 is 58.3 Å². The van der Waals surface area contributed by atoms with Gasteiger partial charge < -0.3 is 30.5 Å². The number of aryl methyl sites for hydroxylation is 1. The van der Waals surface area contributed by atoms with Crippen LogP contribution in [0.1, 0.15) is 6.23 Å². The molecular weight excluding hydrogens is 460 g/mol. The monoisotopic (exact) mass is 480 g/mol. The van der Waals surface area contributed by atoms with Gasteiger partial charge in [-0.15, -0.1) is 6.42 Å². The van der Waals surface area contributed by atoms with E-state index >= 15 is 0 Å². The summed E-state index contributed by atoms with van der Waals surface area (Å²) in [5.41, 5.74) is 5.18. The number of phosphoric acid groups is 1. The number of aliphatic hydroxyl groups excluding tert-OH is 2. The van der Waals surface area contributed by atoms with Crippen LogP contribution in [0.15, 0.2) is 11.1 Å². The quantitative estimate of drug-likeness (QED) is 0.140. The molecule has 3 heterocycles. The van der Waals surface area contributed by atoms with Gasteiger partial charge in [-0.25, -0.2) is 13.4 Å². The summed E-state index contributed by atoms with van der Waals surface area (Å²) in [7, 11) is -8.10. The number of nitrogens with one attached hydrogen (secondary N) is 1. The molecule has 1 aliphatic heterocycles. The summed E-state index contributed by atoms with van der Waals surface area (Å²) in [6.07, 6.45) is -0.353. The molecule has 0 aromatic carbocycles. The number of imidazole rings is 1. The number of nitrogen functional groups attached to an aromatic ring is 1. The van der Waals surface area contributed by atoms with E-state index in [0.717, 1.165) is 0 Å². The summed E-state index contributed by atoms with van der Waals surface area (Å²) in [5.74, 6) is 1.63. The van der Waals surface area contributed by atoms with Gasteiger partial charge in [0.05, 0.1) is 13.7 Å². The number of nitrogens with zero attached hydrogens (tertiary/aromatic N) is 3. The van der Waals surface area contributed by atoms with E-state index in [9.17, 15) is 33.9 Å². The molecule has 0 saturated carbocycles. The van der Waals surface area contributed by atoms with E-state index in [4.69, 9.17) is 16.9 Å². The molecule has 15 nitrogen and oxygen atoms in total. The lowest BCUT2D eigenvalue weighted by molar-refractivity contribution is -0.745. The van der Waals surface area contributed by atoms with Gasteiger partial charge in [-0.2, -0.15) is 0 Å². The molecule has 0 spiro atoms. The van der Waals surface area contributed by atoms with Crippen molar-refractivity contribution in [1.82, 2.24) is 14.5 Å². The molecule has 1 saturated heterocycles. The predicted octanol–water partition coefficient (Wildman–Crippen LogP) is -2.30. The number of anilines is 1. The molecule has 7 N–H and O–H groups in total. The molecule has 2 aromatic heterocycles. The fourth-order valence-electron chi connectivity index (χ4n) is 3.05. The topological polar surface area (TPSA) is 223 Å². The lowest BCUT2D eigenvalue weighted by Gasteiger charge is -2.18. The van der Waals surface area contributed by atoms with E-state index in [1.165, 1.54) is 22.5 Å². The normalized spacial score (nSPS) is 27.6. The van der Waals surface area contributed by atoms with Crippen molar-refractivity contribution in [3.8, 4) is 12.3 Å². The number of H-pyrrole nitrogens is 1. The average molecular weight is 480 g/mol. The number of hydrogen-bond acceptors (Lipinski definition) is 10. The van der Waals surface area contributed by atoms with Gasteiger partial charge in [-0.05, 0) is 0 Å². The van der Waals surface area contributed by atoms with Gasteiger partial charge in [0, 0.05) is 0 Å². The Balaban J connectivity index is 1.79. The number of rotatable bonds is 7. The molecular formula is C14H20N5O10P2+. The number of terminal acetylenes is 1. The van der Waals surface area contributed by atoms with E-state index in [1.807, 2.05) is 5.92 Å². The molecule has 170 valence electrons. The first-order chi connectivity index (χ1) is 14.3. The third-order valence-electron chi connectivity index (χ3n) is 4.32. The summed E-state index contributed by atoms with van der Waals surface area (Å²) in [6.45, 7) is -0.792. The number of aromatic amines is 1. The van der Waals surface area contributed by atoms with Crippen LogP contribution in [0, 0.1) is 12.3 Å². The van der Waals surface area contributed by atoms with Crippen molar-refractivity contribution < 1.29 is 47.3 Å². The Hall–Kier alpha value is -2.11. The van der Waals surface area contributed by atoms with E-state index in [-0.39, 0.29) is 17.1 Å². The lowest BCUT2D eigenvalue weighted by atomic mass is 10.1. The molecule has 1 fully saturated rings. The van der Waals surface area contributed by atoms with Gasteiger partial charge in [0.25, 0.3) is 11.5 Å². The molecule has 0 radical (unpaired) electrons. The number of aromatic nitrogens is 4. The third kappa shape index (κ3) is 4.88. The van der Waals surface area contributed by atoms with Gasteiger partial charge in [-0.1, -0.05) is 10.9 Å². The van der Waals surface area contributed by atoms with E-state index in [2.05, 4.69) is 18.8 Å². The number of nitrogens with two attached hydrogens (primary N) is 1. The first-order valence-electron chi connectivity index (χ1n) is 8.57. The first-order valence-corrected chi connectivity index (χ1v) is 11.8. The minimum atomic E-state index is -5.05. The van der Waals surface area contributed by atoms with E-state index in [0.29, 0.717) is 0 Å². The number of aliphatic hydroxyl groups is 2. The fraction of sp³-hybridized carbons (Fsp3) is 0.500. The van der Waals surface area contributed by atoms with Crippen LogP contribution in [0.2, 0.25) is 0 Å². The van der Waals surface area contributed by atoms with Gasteiger partial charge >= 0.3 is 21.1 Å². The number of hydrogen-bond donors (Lipinski definition) is 6. The van der Waals surface area contributed by atoms with E-state index in [1.54, 1.807) is 0 Å². The standard InChI is InChI=1S/C14H19N5O10P2/c1-3-4-30(23,24)29-31(25,26)27-5-7-9(20)10(21)13(28-7)19-6-18(2)8-11(19)16-14(15)17-12(8)22/h1,6-7,9-10,13,20-21H,4-5H2,2H3,(H4-,15,16,17,22,23,24,25,26)/p+1/t7-,9?,10+,13-/m1/s1. The second-order valence-corrected chi connectivity index (χ2v) is 10.1. The fourth-order valence-corrected chi connectivity index (χ4v) is 5.32. The highest BCUT2D eigenvalue weighted by Gasteiger charge is 2.48. The minimum absolute atomic E-state index is 0.0493. The minimum Gasteiger partial charge on any atom is -0.387 e. The van der Waals surface area contributed by atoms with Crippen LogP contribution in [0.25, 0.3) is 11.2 Å². The zero-order chi connectivity index (χ0) is 23.1. The average Bonchev–Trinajstić information content (AvgIpc) is 3.09. The largest absolute Gasteiger partial charge is 0.479 e. The van der Waals surface area contributed by atoms with Crippen LogP contribution in [0.5, 0.6) is 0 Å². The molecule has 3 rings (SSSR count). The number of fused-ring (bicyclic) bond motifs is 1. The zero-order valence-electron chi connectivity index (χ0n) is 15.9. The van der Waals surface area contributed by atoms with Crippen molar-refractivity contribution in [2.75, 3.05) is 18.5 Å². The summed E-state index contributed by atoms with van der Waals surface area (Å²) in [5, 5.41) is 20.7. The summed E-state index contributed by atoms with van der Waals surface area (Å²) < 4.78 is 40.4. The third-order valence-corrected chi connectivity index (χ3v) is 7.23. The van der Waals surface area contributed by atoms with Gasteiger partial charge in [0.15, 0.2) is 6.33 Å². The molecule has 31 heavy (non-hydrogen) atoms. The molecule has 17 heteroatoms. The Kier molecular flexibility index (Phi) is 6.41. The van der Waals surface area contributed by atoms with Crippen molar-refractivity contribution in [2.45, 2.75) is 24.5 Å². The Morgan fingerprint density at radius 2 is 2.10 bits per heavy atom.